The predicted molar refractivity (Wildman–Crippen MR) is 58.9 cm³/mol. The number of aromatic nitrogens is 2. The number of rotatable bonds is 4. The van der Waals surface area contributed by atoms with Gasteiger partial charge in [0.2, 0.25) is 5.91 Å². The molecule has 1 heterocycles. The third kappa shape index (κ3) is 2.83. The summed E-state index contributed by atoms with van der Waals surface area (Å²) in [6, 6.07) is 1.79. The molecule has 1 aromatic rings. The Hall–Kier alpha value is -1.85. The van der Waals surface area contributed by atoms with Crippen molar-refractivity contribution in [3.63, 3.8) is 0 Å². The van der Waals surface area contributed by atoms with Gasteiger partial charge in [0.1, 0.15) is 0 Å². The summed E-state index contributed by atoms with van der Waals surface area (Å²) in [6.07, 6.45) is 3.32. The van der Waals surface area contributed by atoms with Gasteiger partial charge in [0.25, 0.3) is 0 Å². The predicted octanol–water partition coefficient (Wildman–Crippen LogP) is 0.527. The second-order valence-corrected chi connectivity index (χ2v) is 4.34. The van der Waals surface area contributed by atoms with E-state index < -0.39 is 5.97 Å². The van der Waals surface area contributed by atoms with Crippen LogP contribution in [-0.2, 0) is 16.1 Å². The second kappa shape index (κ2) is 4.99. The molecule has 0 aliphatic heterocycles. The van der Waals surface area contributed by atoms with Gasteiger partial charge in [-0.05, 0) is 25.3 Å². The number of nitrogens with zero attached hydrogens (tertiary/aromatic N) is 1. The van der Waals surface area contributed by atoms with Crippen LogP contribution >= 0.6 is 0 Å². The van der Waals surface area contributed by atoms with E-state index in [4.69, 9.17) is 5.11 Å². The molecule has 92 valence electrons. The third-order valence-corrected chi connectivity index (χ3v) is 3.16. The Balaban J connectivity index is 1.79. The molecule has 1 amide bonds. The number of aromatic amines is 1. The smallest absolute Gasteiger partial charge is 0.306 e. The maximum absolute atomic E-state index is 11.8. The van der Waals surface area contributed by atoms with E-state index in [-0.39, 0.29) is 17.7 Å². The van der Waals surface area contributed by atoms with Gasteiger partial charge in [-0.25, -0.2) is 0 Å². The first-order chi connectivity index (χ1) is 8.16. The van der Waals surface area contributed by atoms with Gasteiger partial charge in [-0.15, -0.1) is 0 Å². The highest BCUT2D eigenvalue weighted by atomic mass is 16.4. The highest BCUT2D eigenvalue weighted by Gasteiger charge is 2.33. The van der Waals surface area contributed by atoms with Crippen molar-refractivity contribution in [1.82, 2.24) is 15.5 Å². The zero-order chi connectivity index (χ0) is 12.3. The maximum atomic E-state index is 11.8. The Labute approximate surface area is 98.4 Å². The Morgan fingerprint density at radius 2 is 2.24 bits per heavy atom. The SMILES string of the molecule is O=C(O)[C@H]1CC[C@@H](C(=O)NCc2ccn[nH]2)C1. The highest BCUT2D eigenvalue weighted by Crippen LogP contribution is 2.31. The number of carbonyl (C=O) groups excluding carboxylic acids is 1. The number of carboxylic acid groups (broad SMARTS) is 1. The number of H-pyrrole nitrogens is 1. The molecular formula is C11H15N3O3. The van der Waals surface area contributed by atoms with Gasteiger partial charge in [0.15, 0.2) is 0 Å². The van der Waals surface area contributed by atoms with Crippen LogP contribution < -0.4 is 5.32 Å². The number of hydrogen-bond acceptors (Lipinski definition) is 3. The summed E-state index contributed by atoms with van der Waals surface area (Å²) in [5, 5.41) is 18.2. The normalized spacial score (nSPS) is 23.5. The van der Waals surface area contributed by atoms with Gasteiger partial charge in [-0.1, -0.05) is 0 Å². The number of carboxylic acids is 1. The fourth-order valence-corrected chi connectivity index (χ4v) is 2.15. The lowest BCUT2D eigenvalue weighted by molar-refractivity contribution is -0.141. The van der Waals surface area contributed by atoms with Crippen LogP contribution in [0.1, 0.15) is 25.0 Å². The largest absolute Gasteiger partial charge is 0.481 e. The van der Waals surface area contributed by atoms with Crippen molar-refractivity contribution in [3.8, 4) is 0 Å². The van der Waals surface area contributed by atoms with E-state index in [1.165, 1.54) is 0 Å². The monoisotopic (exact) mass is 237 g/mol. The molecule has 0 unspecified atom stereocenters. The van der Waals surface area contributed by atoms with Crippen molar-refractivity contribution in [1.29, 1.82) is 0 Å². The van der Waals surface area contributed by atoms with Gasteiger partial charge < -0.3 is 10.4 Å². The summed E-state index contributed by atoms with van der Waals surface area (Å²) < 4.78 is 0. The van der Waals surface area contributed by atoms with E-state index in [0.717, 1.165) is 5.69 Å². The quantitative estimate of drug-likeness (QED) is 0.711. The molecule has 1 aromatic heterocycles. The van der Waals surface area contributed by atoms with E-state index in [1.54, 1.807) is 12.3 Å². The van der Waals surface area contributed by atoms with Crippen LogP contribution in [-0.4, -0.2) is 27.2 Å². The lowest BCUT2D eigenvalue weighted by atomic mass is 10.0. The number of hydrogen-bond donors (Lipinski definition) is 3. The van der Waals surface area contributed by atoms with E-state index >= 15 is 0 Å². The standard InChI is InChI=1S/C11H15N3O3/c15-10(12-6-9-3-4-13-14-9)7-1-2-8(5-7)11(16)17/h3-4,7-8H,1-2,5-6H2,(H,12,15)(H,13,14)(H,16,17)/t7-,8+/m1/s1. The molecular weight excluding hydrogens is 222 g/mol. The van der Waals surface area contributed by atoms with Crippen LogP contribution in [0.4, 0.5) is 0 Å². The fraction of sp³-hybridized carbons (Fsp3) is 0.545. The Kier molecular flexibility index (Phi) is 3.41. The zero-order valence-electron chi connectivity index (χ0n) is 9.35. The molecule has 2 atom stereocenters. The van der Waals surface area contributed by atoms with Crippen LogP contribution in [0.3, 0.4) is 0 Å². The molecule has 6 nitrogen and oxygen atoms in total. The first-order valence-electron chi connectivity index (χ1n) is 5.65. The fourth-order valence-electron chi connectivity index (χ4n) is 2.15. The topological polar surface area (TPSA) is 95.1 Å². The first kappa shape index (κ1) is 11.6. The van der Waals surface area contributed by atoms with Crippen molar-refractivity contribution in [2.24, 2.45) is 11.8 Å². The minimum absolute atomic E-state index is 0.0663. The average molecular weight is 237 g/mol. The minimum atomic E-state index is -0.797. The molecule has 3 N–H and O–H groups in total. The summed E-state index contributed by atoms with van der Waals surface area (Å²) in [4.78, 5) is 22.5. The van der Waals surface area contributed by atoms with Gasteiger partial charge >= 0.3 is 5.97 Å². The van der Waals surface area contributed by atoms with Crippen LogP contribution in [0, 0.1) is 11.8 Å². The summed E-state index contributed by atoms with van der Waals surface area (Å²) in [7, 11) is 0. The van der Waals surface area contributed by atoms with E-state index in [0.29, 0.717) is 25.8 Å². The number of nitrogens with one attached hydrogen (secondary N) is 2. The first-order valence-corrected chi connectivity index (χ1v) is 5.65. The molecule has 1 saturated carbocycles. The lowest BCUT2D eigenvalue weighted by Gasteiger charge is -2.09. The number of carbonyl (C=O) groups is 2. The minimum Gasteiger partial charge on any atom is -0.481 e. The molecule has 0 spiro atoms. The molecule has 1 fully saturated rings. The maximum Gasteiger partial charge on any atom is 0.306 e. The molecule has 0 aromatic carbocycles. The summed E-state index contributed by atoms with van der Waals surface area (Å²) in [6.45, 7) is 0.410. The number of amides is 1. The van der Waals surface area contributed by atoms with Gasteiger partial charge in [0.05, 0.1) is 18.2 Å². The zero-order valence-corrected chi connectivity index (χ0v) is 9.35. The van der Waals surface area contributed by atoms with Crippen molar-refractivity contribution in [2.45, 2.75) is 25.8 Å². The average Bonchev–Trinajstić information content (AvgIpc) is 2.96. The molecule has 1 aliphatic rings. The summed E-state index contributed by atoms with van der Waals surface area (Å²) in [5.74, 6) is -1.39. The van der Waals surface area contributed by atoms with Gasteiger partial charge in [0, 0.05) is 12.1 Å². The number of aliphatic carboxylic acids is 1. The Morgan fingerprint density at radius 3 is 2.82 bits per heavy atom. The Morgan fingerprint density at radius 1 is 1.47 bits per heavy atom. The molecule has 2 rings (SSSR count). The summed E-state index contributed by atoms with van der Waals surface area (Å²) >= 11 is 0. The van der Waals surface area contributed by atoms with Crippen LogP contribution in [0.5, 0.6) is 0 Å². The van der Waals surface area contributed by atoms with E-state index in [9.17, 15) is 9.59 Å². The highest BCUT2D eigenvalue weighted by molar-refractivity contribution is 5.80. The lowest BCUT2D eigenvalue weighted by Crippen LogP contribution is -2.29. The van der Waals surface area contributed by atoms with Crippen molar-refractivity contribution in [3.05, 3.63) is 18.0 Å². The molecule has 1 aliphatic carbocycles. The Bertz CT molecular complexity index is 402. The van der Waals surface area contributed by atoms with E-state index in [2.05, 4.69) is 15.5 Å². The molecule has 0 saturated heterocycles. The van der Waals surface area contributed by atoms with Gasteiger partial charge in [-0.3, -0.25) is 14.7 Å². The second-order valence-electron chi connectivity index (χ2n) is 4.34. The molecule has 0 bridgehead atoms. The molecule has 6 heteroatoms. The van der Waals surface area contributed by atoms with Crippen LogP contribution in [0.15, 0.2) is 12.3 Å². The van der Waals surface area contributed by atoms with Gasteiger partial charge in [-0.2, -0.15) is 5.10 Å². The van der Waals surface area contributed by atoms with E-state index in [1.807, 2.05) is 0 Å². The van der Waals surface area contributed by atoms with Crippen LogP contribution in [0.2, 0.25) is 0 Å². The summed E-state index contributed by atoms with van der Waals surface area (Å²) in [5.41, 5.74) is 0.839. The van der Waals surface area contributed by atoms with Crippen molar-refractivity contribution >= 4 is 11.9 Å². The van der Waals surface area contributed by atoms with Crippen molar-refractivity contribution in [2.75, 3.05) is 0 Å². The third-order valence-electron chi connectivity index (χ3n) is 3.16. The molecule has 0 radical (unpaired) electrons. The van der Waals surface area contributed by atoms with Crippen LogP contribution in [0.25, 0.3) is 0 Å². The molecule has 17 heavy (non-hydrogen) atoms. The van der Waals surface area contributed by atoms with Crippen molar-refractivity contribution < 1.29 is 14.7 Å².